The van der Waals surface area contributed by atoms with Gasteiger partial charge in [-0.15, -0.1) is 0 Å². The molecular formula is C27H22N4O2. The summed E-state index contributed by atoms with van der Waals surface area (Å²) in [6.07, 6.45) is 1.51. The van der Waals surface area contributed by atoms with E-state index in [0.29, 0.717) is 18.1 Å². The van der Waals surface area contributed by atoms with Crippen molar-refractivity contribution in [2.75, 3.05) is 10.6 Å². The number of hydrogen-bond donors (Lipinski definition) is 2. The standard InChI is InChI=1S/C27H22N4O2/c1-18(32)31-22-14-8-9-19(15-22)16-28-26-24-23(20-10-4-2-5-11-20)25(21-12-6-3-7-13-21)33-27(24)30-17-29-26/h2-15,17H,16H2,1H3,(H,31,32)(H,28,29,30). The van der Waals surface area contributed by atoms with E-state index in [4.69, 9.17) is 4.42 Å². The number of nitrogens with one attached hydrogen (secondary N) is 2. The van der Waals surface area contributed by atoms with Crippen molar-refractivity contribution in [1.82, 2.24) is 9.97 Å². The van der Waals surface area contributed by atoms with Crippen molar-refractivity contribution in [3.63, 3.8) is 0 Å². The first-order chi connectivity index (χ1) is 16.2. The summed E-state index contributed by atoms with van der Waals surface area (Å²) < 4.78 is 6.26. The fraction of sp³-hybridized carbons (Fsp3) is 0.0741. The number of rotatable bonds is 6. The molecule has 6 nitrogen and oxygen atoms in total. The summed E-state index contributed by atoms with van der Waals surface area (Å²) in [7, 11) is 0. The van der Waals surface area contributed by atoms with E-state index < -0.39 is 0 Å². The first-order valence-corrected chi connectivity index (χ1v) is 10.7. The number of furan rings is 1. The van der Waals surface area contributed by atoms with Crippen LogP contribution in [0.1, 0.15) is 12.5 Å². The Morgan fingerprint density at radius 3 is 2.33 bits per heavy atom. The zero-order valence-electron chi connectivity index (χ0n) is 18.1. The quantitative estimate of drug-likeness (QED) is 0.336. The smallest absolute Gasteiger partial charge is 0.232 e. The minimum absolute atomic E-state index is 0.100. The molecule has 0 unspecified atom stereocenters. The first-order valence-electron chi connectivity index (χ1n) is 10.7. The molecule has 33 heavy (non-hydrogen) atoms. The Kier molecular flexibility index (Phi) is 5.55. The van der Waals surface area contributed by atoms with Crippen molar-refractivity contribution in [1.29, 1.82) is 0 Å². The lowest BCUT2D eigenvalue weighted by Gasteiger charge is -2.10. The van der Waals surface area contributed by atoms with Gasteiger partial charge in [0.1, 0.15) is 17.9 Å². The van der Waals surface area contributed by atoms with Crippen LogP contribution in [0.15, 0.2) is 95.7 Å². The maximum atomic E-state index is 11.4. The van der Waals surface area contributed by atoms with Crippen molar-refractivity contribution >= 4 is 28.5 Å². The molecule has 1 amide bonds. The number of carbonyl (C=O) groups is 1. The summed E-state index contributed by atoms with van der Waals surface area (Å²) >= 11 is 0. The van der Waals surface area contributed by atoms with Gasteiger partial charge in [-0.1, -0.05) is 72.8 Å². The number of benzene rings is 3. The second-order valence-corrected chi connectivity index (χ2v) is 7.68. The molecule has 0 saturated carbocycles. The highest BCUT2D eigenvalue weighted by Crippen LogP contribution is 2.42. The molecule has 162 valence electrons. The fourth-order valence-electron chi connectivity index (χ4n) is 3.89. The fourth-order valence-corrected chi connectivity index (χ4v) is 3.89. The van der Waals surface area contributed by atoms with Crippen LogP contribution in [-0.4, -0.2) is 15.9 Å². The average molecular weight is 434 g/mol. The van der Waals surface area contributed by atoms with Crippen molar-refractivity contribution in [2.24, 2.45) is 0 Å². The van der Waals surface area contributed by atoms with Crippen LogP contribution < -0.4 is 10.6 Å². The average Bonchev–Trinajstić information content (AvgIpc) is 3.24. The van der Waals surface area contributed by atoms with Gasteiger partial charge in [0.05, 0.1) is 5.39 Å². The Balaban J connectivity index is 1.58. The number of anilines is 2. The monoisotopic (exact) mass is 434 g/mol. The van der Waals surface area contributed by atoms with E-state index in [9.17, 15) is 4.79 Å². The SMILES string of the molecule is CC(=O)Nc1cccc(CNc2ncnc3oc(-c4ccccc4)c(-c4ccccc4)c23)c1. The number of aromatic nitrogens is 2. The molecule has 5 rings (SSSR count). The van der Waals surface area contributed by atoms with E-state index in [0.717, 1.165) is 39.1 Å². The first kappa shape index (κ1) is 20.5. The molecule has 0 aliphatic rings. The summed E-state index contributed by atoms with van der Waals surface area (Å²) in [5.41, 5.74) is 5.25. The number of nitrogens with zero attached hydrogens (tertiary/aromatic N) is 2. The van der Waals surface area contributed by atoms with Gasteiger partial charge < -0.3 is 15.1 Å². The number of amides is 1. The van der Waals surface area contributed by atoms with Crippen molar-refractivity contribution in [3.05, 3.63) is 96.8 Å². The number of fused-ring (bicyclic) bond motifs is 1. The van der Waals surface area contributed by atoms with Gasteiger partial charge >= 0.3 is 0 Å². The Morgan fingerprint density at radius 2 is 1.61 bits per heavy atom. The van der Waals surface area contributed by atoms with Crippen molar-refractivity contribution in [3.8, 4) is 22.5 Å². The van der Waals surface area contributed by atoms with E-state index in [-0.39, 0.29) is 5.91 Å². The third-order valence-corrected chi connectivity index (χ3v) is 5.29. The van der Waals surface area contributed by atoms with Crippen LogP contribution in [-0.2, 0) is 11.3 Å². The minimum atomic E-state index is -0.100. The zero-order valence-corrected chi connectivity index (χ0v) is 18.1. The third-order valence-electron chi connectivity index (χ3n) is 5.29. The van der Waals surface area contributed by atoms with E-state index in [1.807, 2.05) is 72.8 Å². The van der Waals surface area contributed by atoms with Gasteiger partial charge in [0.2, 0.25) is 11.6 Å². The maximum Gasteiger partial charge on any atom is 0.232 e. The van der Waals surface area contributed by atoms with E-state index >= 15 is 0 Å². The van der Waals surface area contributed by atoms with Gasteiger partial charge in [-0.2, -0.15) is 0 Å². The molecule has 6 heteroatoms. The molecule has 0 atom stereocenters. The minimum Gasteiger partial charge on any atom is -0.437 e. The summed E-state index contributed by atoms with van der Waals surface area (Å²) in [6, 6.07) is 27.9. The van der Waals surface area contributed by atoms with Crippen LogP contribution >= 0.6 is 0 Å². The molecule has 0 aliphatic carbocycles. The highest BCUT2D eigenvalue weighted by molar-refractivity contribution is 6.05. The Labute approximate surface area is 191 Å². The molecular weight excluding hydrogens is 412 g/mol. The summed E-state index contributed by atoms with van der Waals surface area (Å²) in [5, 5.41) is 7.09. The normalized spacial score (nSPS) is 10.8. The van der Waals surface area contributed by atoms with Gasteiger partial charge in [0.15, 0.2) is 0 Å². The van der Waals surface area contributed by atoms with Gasteiger partial charge in [0.25, 0.3) is 0 Å². The Morgan fingerprint density at radius 1 is 0.879 bits per heavy atom. The van der Waals surface area contributed by atoms with Crippen molar-refractivity contribution in [2.45, 2.75) is 13.5 Å². The van der Waals surface area contributed by atoms with Gasteiger partial charge in [0, 0.05) is 30.3 Å². The van der Waals surface area contributed by atoms with Crippen LogP contribution in [0.4, 0.5) is 11.5 Å². The second-order valence-electron chi connectivity index (χ2n) is 7.68. The Hall–Kier alpha value is -4.45. The molecule has 3 aromatic carbocycles. The van der Waals surface area contributed by atoms with Gasteiger partial charge in [-0.3, -0.25) is 4.79 Å². The number of hydrogen-bond acceptors (Lipinski definition) is 5. The summed E-state index contributed by atoms with van der Waals surface area (Å²) in [6.45, 7) is 2.02. The van der Waals surface area contributed by atoms with Crippen molar-refractivity contribution < 1.29 is 9.21 Å². The van der Waals surface area contributed by atoms with E-state index in [1.165, 1.54) is 13.3 Å². The largest absolute Gasteiger partial charge is 0.437 e. The molecule has 0 spiro atoms. The lowest BCUT2D eigenvalue weighted by atomic mass is 9.99. The Bertz CT molecular complexity index is 1410. The molecule has 0 fully saturated rings. The van der Waals surface area contributed by atoms with E-state index in [2.05, 4.69) is 32.7 Å². The van der Waals surface area contributed by atoms with Gasteiger partial charge in [-0.25, -0.2) is 9.97 Å². The third kappa shape index (κ3) is 4.32. The molecule has 2 heterocycles. The molecule has 2 aromatic heterocycles. The summed E-state index contributed by atoms with van der Waals surface area (Å²) in [5.74, 6) is 1.35. The van der Waals surface area contributed by atoms with Crippen LogP contribution in [0.2, 0.25) is 0 Å². The van der Waals surface area contributed by atoms with Crippen LogP contribution in [0.5, 0.6) is 0 Å². The van der Waals surface area contributed by atoms with Gasteiger partial charge in [-0.05, 0) is 23.3 Å². The van der Waals surface area contributed by atoms with Crippen LogP contribution in [0.3, 0.4) is 0 Å². The molecule has 0 saturated heterocycles. The van der Waals surface area contributed by atoms with E-state index in [1.54, 1.807) is 0 Å². The zero-order chi connectivity index (χ0) is 22.6. The molecule has 0 radical (unpaired) electrons. The molecule has 2 N–H and O–H groups in total. The molecule has 0 aliphatic heterocycles. The second kappa shape index (κ2) is 8.96. The predicted molar refractivity (Wildman–Crippen MR) is 131 cm³/mol. The van der Waals surface area contributed by atoms with Crippen LogP contribution in [0.25, 0.3) is 33.6 Å². The van der Waals surface area contributed by atoms with Crippen LogP contribution in [0, 0.1) is 0 Å². The lowest BCUT2D eigenvalue weighted by molar-refractivity contribution is -0.114. The predicted octanol–water partition coefficient (Wildman–Crippen LogP) is 6.13. The highest BCUT2D eigenvalue weighted by atomic mass is 16.3. The summed E-state index contributed by atoms with van der Waals surface area (Å²) in [4.78, 5) is 20.3. The topological polar surface area (TPSA) is 80.0 Å². The molecule has 0 bridgehead atoms. The molecule has 5 aromatic rings. The highest BCUT2D eigenvalue weighted by Gasteiger charge is 2.21. The maximum absolute atomic E-state index is 11.4. The number of carbonyl (C=O) groups excluding carboxylic acids is 1. The lowest BCUT2D eigenvalue weighted by Crippen LogP contribution is -2.07.